The molecule has 0 amide bonds. The molecule has 2 N–H and O–H groups in total. The van der Waals surface area contributed by atoms with Crippen molar-refractivity contribution >= 4 is 5.69 Å². The minimum Gasteiger partial charge on any atom is -0.486 e. The molecule has 18 heavy (non-hydrogen) atoms. The van der Waals surface area contributed by atoms with E-state index in [1.165, 1.54) is 0 Å². The van der Waals surface area contributed by atoms with Crippen molar-refractivity contribution in [1.29, 1.82) is 0 Å². The maximum Gasteiger partial charge on any atom is 0.163 e. The van der Waals surface area contributed by atoms with E-state index in [2.05, 4.69) is 5.10 Å². The predicted molar refractivity (Wildman–Crippen MR) is 68.4 cm³/mol. The zero-order valence-electron chi connectivity index (χ0n) is 10.4. The number of ether oxygens (including phenoxy) is 2. The number of benzene rings is 1. The van der Waals surface area contributed by atoms with Crippen LogP contribution in [0.15, 0.2) is 18.2 Å². The fourth-order valence-corrected chi connectivity index (χ4v) is 2.15. The van der Waals surface area contributed by atoms with E-state index in [0.717, 1.165) is 22.8 Å². The van der Waals surface area contributed by atoms with Gasteiger partial charge in [-0.2, -0.15) is 5.10 Å². The first-order valence-electron chi connectivity index (χ1n) is 5.88. The van der Waals surface area contributed by atoms with Crippen LogP contribution in [0.1, 0.15) is 11.4 Å². The summed E-state index contributed by atoms with van der Waals surface area (Å²) in [7, 11) is 0. The van der Waals surface area contributed by atoms with E-state index < -0.39 is 0 Å². The Balaban J connectivity index is 2.15. The highest BCUT2D eigenvalue weighted by molar-refractivity contribution is 5.66. The largest absolute Gasteiger partial charge is 0.486 e. The number of nitrogen functional groups attached to an aromatic ring is 1. The lowest BCUT2D eigenvalue weighted by Gasteiger charge is -2.20. The highest BCUT2D eigenvalue weighted by Gasteiger charge is 2.16. The topological polar surface area (TPSA) is 62.3 Å². The second kappa shape index (κ2) is 3.94. The predicted octanol–water partition coefficient (Wildman–Crippen LogP) is 1.84. The molecule has 1 aromatic carbocycles. The number of nitrogens with two attached hydrogens (primary N) is 1. The van der Waals surface area contributed by atoms with Gasteiger partial charge < -0.3 is 15.2 Å². The molecule has 94 valence electrons. The fraction of sp³-hybridized carbons (Fsp3) is 0.308. The summed E-state index contributed by atoms with van der Waals surface area (Å²) in [6, 6.07) is 5.68. The monoisotopic (exact) mass is 245 g/mol. The van der Waals surface area contributed by atoms with Gasteiger partial charge in [-0.3, -0.25) is 0 Å². The summed E-state index contributed by atoms with van der Waals surface area (Å²) >= 11 is 0. The van der Waals surface area contributed by atoms with Gasteiger partial charge in [0.15, 0.2) is 11.5 Å². The molecule has 0 aliphatic carbocycles. The molecule has 1 aliphatic rings. The van der Waals surface area contributed by atoms with E-state index in [9.17, 15) is 0 Å². The normalized spacial score (nSPS) is 13.7. The summed E-state index contributed by atoms with van der Waals surface area (Å²) < 4.78 is 12.9. The van der Waals surface area contributed by atoms with Crippen molar-refractivity contribution in [1.82, 2.24) is 9.78 Å². The summed E-state index contributed by atoms with van der Waals surface area (Å²) in [6.45, 7) is 5.08. The molecule has 0 unspecified atom stereocenters. The lowest BCUT2D eigenvalue weighted by atomic mass is 10.2. The second-order valence-corrected chi connectivity index (χ2v) is 4.39. The number of rotatable bonds is 1. The zero-order valence-corrected chi connectivity index (χ0v) is 10.4. The number of aromatic nitrogens is 2. The van der Waals surface area contributed by atoms with Gasteiger partial charge in [-0.15, -0.1) is 0 Å². The van der Waals surface area contributed by atoms with E-state index in [0.29, 0.717) is 24.7 Å². The van der Waals surface area contributed by atoms with Crippen molar-refractivity contribution in [3.8, 4) is 17.2 Å². The number of fused-ring (bicyclic) bond motifs is 1. The highest BCUT2D eigenvalue weighted by Crippen LogP contribution is 2.36. The third-order valence-electron chi connectivity index (χ3n) is 2.93. The highest BCUT2D eigenvalue weighted by atomic mass is 16.6. The van der Waals surface area contributed by atoms with Crippen LogP contribution < -0.4 is 15.2 Å². The maximum atomic E-state index is 6.06. The molecule has 1 aliphatic heterocycles. The quantitative estimate of drug-likeness (QED) is 0.779. The first-order chi connectivity index (χ1) is 8.65. The molecular formula is C13H15N3O2. The zero-order chi connectivity index (χ0) is 12.7. The third kappa shape index (κ3) is 1.68. The summed E-state index contributed by atoms with van der Waals surface area (Å²) in [5.41, 5.74) is 9.51. The second-order valence-electron chi connectivity index (χ2n) is 4.39. The lowest BCUT2D eigenvalue weighted by molar-refractivity contribution is 0.171. The van der Waals surface area contributed by atoms with E-state index in [4.69, 9.17) is 15.2 Å². The minimum absolute atomic E-state index is 0.561. The molecule has 2 aromatic rings. The molecule has 0 radical (unpaired) electrons. The van der Waals surface area contributed by atoms with E-state index in [1.54, 1.807) is 6.07 Å². The molecule has 3 rings (SSSR count). The molecule has 2 heterocycles. The fourth-order valence-electron chi connectivity index (χ4n) is 2.15. The number of nitrogens with zero attached hydrogens (tertiary/aromatic N) is 2. The van der Waals surface area contributed by atoms with Crippen molar-refractivity contribution < 1.29 is 9.47 Å². The summed E-state index contributed by atoms with van der Waals surface area (Å²) in [5, 5.41) is 4.43. The number of aryl methyl sites for hydroxylation is 2. The number of hydrogen-bond acceptors (Lipinski definition) is 4. The van der Waals surface area contributed by atoms with Crippen molar-refractivity contribution in [3.63, 3.8) is 0 Å². The smallest absolute Gasteiger partial charge is 0.163 e. The Morgan fingerprint density at radius 2 is 1.78 bits per heavy atom. The Morgan fingerprint density at radius 1 is 1.11 bits per heavy atom. The van der Waals surface area contributed by atoms with Crippen molar-refractivity contribution in [2.24, 2.45) is 0 Å². The molecule has 0 fully saturated rings. The van der Waals surface area contributed by atoms with Gasteiger partial charge in [-0.1, -0.05) is 0 Å². The number of hydrogen-bond donors (Lipinski definition) is 1. The summed E-state index contributed by atoms with van der Waals surface area (Å²) in [5.74, 6) is 1.42. The molecule has 0 spiro atoms. The van der Waals surface area contributed by atoms with Crippen LogP contribution in [-0.4, -0.2) is 23.0 Å². The Morgan fingerprint density at radius 3 is 2.39 bits per heavy atom. The molecule has 0 atom stereocenters. The summed E-state index contributed by atoms with van der Waals surface area (Å²) in [6.07, 6.45) is 0. The van der Waals surface area contributed by atoms with Gasteiger partial charge in [0, 0.05) is 17.8 Å². The van der Waals surface area contributed by atoms with Crippen molar-refractivity contribution in [2.45, 2.75) is 13.8 Å². The Hall–Kier alpha value is -2.17. The van der Waals surface area contributed by atoms with Gasteiger partial charge >= 0.3 is 0 Å². The van der Waals surface area contributed by atoms with Gasteiger partial charge in [-0.05, 0) is 19.9 Å². The molecule has 0 saturated heterocycles. The van der Waals surface area contributed by atoms with Crippen LogP contribution in [-0.2, 0) is 0 Å². The van der Waals surface area contributed by atoms with Gasteiger partial charge in [0.1, 0.15) is 13.2 Å². The first-order valence-corrected chi connectivity index (χ1v) is 5.88. The average molecular weight is 245 g/mol. The Bertz CT molecular complexity index is 605. The molecular weight excluding hydrogens is 230 g/mol. The van der Waals surface area contributed by atoms with Crippen molar-refractivity contribution in [2.75, 3.05) is 18.9 Å². The van der Waals surface area contributed by atoms with Crippen molar-refractivity contribution in [3.05, 3.63) is 29.6 Å². The van der Waals surface area contributed by atoms with Crippen LogP contribution in [0.25, 0.3) is 5.69 Å². The van der Waals surface area contributed by atoms with Gasteiger partial charge in [0.05, 0.1) is 17.1 Å². The van der Waals surface area contributed by atoms with Crippen LogP contribution in [0.3, 0.4) is 0 Å². The van der Waals surface area contributed by atoms with E-state index in [-0.39, 0.29) is 0 Å². The molecule has 0 saturated carbocycles. The molecule has 5 heteroatoms. The lowest BCUT2D eigenvalue weighted by Crippen LogP contribution is -2.16. The van der Waals surface area contributed by atoms with Crippen LogP contribution in [0.5, 0.6) is 11.5 Å². The molecule has 0 bridgehead atoms. The van der Waals surface area contributed by atoms with Crippen LogP contribution in [0.2, 0.25) is 0 Å². The van der Waals surface area contributed by atoms with Crippen LogP contribution >= 0.6 is 0 Å². The van der Waals surface area contributed by atoms with Gasteiger partial charge in [0.2, 0.25) is 0 Å². The average Bonchev–Trinajstić information content (AvgIpc) is 2.67. The third-order valence-corrected chi connectivity index (χ3v) is 2.93. The SMILES string of the molecule is Cc1cc(C)n(-c2cc3c(cc2N)OCCO3)n1. The Labute approximate surface area is 105 Å². The van der Waals surface area contributed by atoms with Crippen LogP contribution in [0.4, 0.5) is 5.69 Å². The maximum absolute atomic E-state index is 6.06. The van der Waals surface area contributed by atoms with Crippen LogP contribution in [0, 0.1) is 13.8 Å². The number of anilines is 1. The standard InChI is InChI=1S/C13H15N3O2/c1-8-5-9(2)16(15-8)11-7-13-12(6-10(11)14)17-3-4-18-13/h5-7H,3-4,14H2,1-2H3. The Kier molecular flexibility index (Phi) is 2.40. The minimum atomic E-state index is 0.561. The summed E-state index contributed by atoms with van der Waals surface area (Å²) in [4.78, 5) is 0. The molecule has 1 aromatic heterocycles. The first kappa shape index (κ1) is 11.0. The van der Waals surface area contributed by atoms with E-state index in [1.807, 2.05) is 30.7 Å². The van der Waals surface area contributed by atoms with E-state index >= 15 is 0 Å². The van der Waals surface area contributed by atoms with Gasteiger partial charge in [0.25, 0.3) is 0 Å². The molecule has 5 nitrogen and oxygen atoms in total. The van der Waals surface area contributed by atoms with Gasteiger partial charge in [-0.25, -0.2) is 4.68 Å².